The first-order valence-electron chi connectivity index (χ1n) is 7.08. The standard InChI is InChI=1S/C18H12Cl2N2O2/c19-12-8-9-15(20)14(11-12)17(23)22-16-7-4-10-21-18(16)24-13-5-2-1-3-6-13/h1-11H,(H,22,23). The highest BCUT2D eigenvalue weighted by atomic mass is 35.5. The van der Waals surface area contributed by atoms with Crippen molar-refractivity contribution in [3.8, 4) is 11.6 Å². The molecule has 0 aliphatic carbocycles. The molecule has 2 aromatic carbocycles. The number of para-hydroxylation sites is 1. The van der Waals surface area contributed by atoms with Crippen molar-refractivity contribution in [3.05, 3.63) is 82.5 Å². The van der Waals surface area contributed by atoms with E-state index in [1.165, 1.54) is 6.07 Å². The van der Waals surface area contributed by atoms with Crippen LogP contribution in [0.5, 0.6) is 11.6 Å². The van der Waals surface area contributed by atoms with Gasteiger partial charge in [-0.1, -0.05) is 41.4 Å². The van der Waals surface area contributed by atoms with Crippen molar-refractivity contribution in [1.82, 2.24) is 4.98 Å². The fraction of sp³-hybridized carbons (Fsp3) is 0. The highest BCUT2D eigenvalue weighted by molar-refractivity contribution is 6.36. The number of pyridine rings is 1. The summed E-state index contributed by atoms with van der Waals surface area (Å²) in [5, 5.41) is 3.48. The number of carbonyl (C=O) groups excluding carboxylic acids is 1. The summed E-state index contributed by atoms with van der Waals surface area (Å²) < 4.78 is 5.72. The van der Waals surface area contributed by atoms with Crippen LogP contribution < -0.4 is 10.1 Å². The Bertz CT molecular complexity index is 870. The van der Waals surface area contributed by atoms with Gasteiger partial charge in [-0.05, 0) is 42.5 Å². The zero-order chi connectivity index (χ0) is 16.9. The lowest BCUT2D eigenvalue weighted by Gasteiger charge is -2.11. The third-order valence-corrected chi connectivity index (χ3v) is 3.71. The van der Waals surface area contributed by atoms with E-state index in [1.807, 2.05) is 18.2 Å². The molecule has 24 heavy (non-hydrogen) atoms. The van der Waals surface area contributed by atoms with Gasteiger partial charge in [0, 0.05) is 11.2 Å². The number of aromatic nitrogens is 1. The van der Waals surface area contributed by atoms with Gasteiger partial charge < -0.3 is 10.1 Å². The average Bonchev–Trinajstić information content (AvgIpc) is 2.59. The second kappa shape index (κ2) is 7.34. The average molecular weight is 359 g/mol. The molecule has 0 atom stereocenters. The van der Waals surface area contributed by atoms with Crippen molar-refractivity contribution < 1.29 is 9.53 Å². The monoisotopic (exact) mass is 358 g/mol. The SMILES string of the molecule is O=C(Nc1cccnc1Oc1ccccc1)c1cc(Cl)ccc1Cl. The minimum atomic E-state index is -0.395. The molecule has 1 heterocycles. The Labute approximate surface area is 149 Å². The number of nitrogens with zero attached hydrogens (tertiary/aromatic N) is 1. The minimum absolute atomic E-state index is 0.277. The molecule has 120 valence electrons. The molecule has 1 aromatic heterocycles. The van der Waals surface area contributed by atoms with E-state index in [0.29, 0.717) is 21.5 Å². The number of rotatable bonds is 4. The maximum atomic E-state index is 12.5. The van der Waals surface area contributed by atoms with Crippen molar-refractivity contribution >= 4 is 34.8 Å². The van der Waals surface area contributed by atoms with Crippen molar-refractivity contribution in [3.63, 3.8) is 0 Å². The van der Waals surface area contributed by atoms with E-state index in [-0.39, 0.29) is 11.4 Å². The van der Waals surface area contributed by atoms with Crippen LogP contribution in [0.15, 0.2) is 66.9 Å². The molecule has 4 nitrogen and oxygen atoms in total. The molecular weight excluding hydrogens is 347 g/mol. The molecule has 0 spiro atoms. The van der Waals surface area contributed by atoms with Crippen molar-refractivity contribution in [2.45, 2.75) is 0 Å². The number of carbonyl (C=O) groups is 1. The van der Waals surface area contributed by atoms with Gasteiger partial charge in [-0.2, -0.15) is 0 Å². The van der Waals surface area contributed by atoms with Crippen molar-refractivity contribution in [2.75, 3.05) is 5.32 Å². The van der Waals surface area contributed by atoms with E-state index in [2.05, 4.69) is 10.3 Å². The van der Waals surface area contributed by atoms with Crippen molar-refractivity contribution in [1.29, 1.82) is 0 Å². The van der Waals surface area contributed by atoms with Crippen molar-refractivity contribution in [2.24, 2.45) is 0 Å². The molecule has 0 aliphatic heterocycles. The largest absolute Gasteiger partial charge is 0.437 e. The molecular formula is C18H12Cl2N2O2. The maximum absolute atomic E-state index is 12.5. The Morgan fingerprint density at radius 2 is 1.79 bits per heavy atom. The number of hydrogen-bond donors (Lipinski definition) is 1. The topological polar surface area (TPSA) is 51.2 Å². The van der Waals surface area contributed by atoms with E-state index >= 15 is 0 Å². The number of halogens is 2. The van der Waals surface area contributed by atoms with Gasteiger partial charge in [-0.25, -0.2) is 4.98 Å². The van der Waals surface area contributed by atoms with Crippen LogP contribution in [-0.4, -0.2) is 10.9 Å². The Balaban J connectivity index is 1.85. The number of amides is 1. The van der Waals surface area contributed by atoms with Crippen LogP contribution in [-0.2, 0) is 0 Å². The van der Waals surface area contributed by atoms with Crippen LogP contribution in [0, 0.1) is 0 Å². The molecule has 6 heteroatoms. The first kappa shape index (κ1) is 16.3. The molecule has 1 N–H and O–H groups in total. The summed E-state index contributed by atoms with van der Waals surface area (Å²) in [7, 11) is 0. The zero-order valence-electron chi connectivity index (χ0n) is 12.4. The molecule has 0 fully saturated rings. The highest BCUT2D eigenvalue weighted by Gasteiger charge is 2.14. The lowest BCUT2D eigenvalue weighted by Crippen LogP contribution is -2.13. The van der Waals surface area contributed by atoms with Gasteiger partial charge in [-0.3, -0.25) is 4.79 Å². The van der Waals surface area contributed by atoms with E-state index in [9.17, 15) is 4.79 Å². The minimum Gasteiger partial charge on any atom is -0.437 e. The van der Waals surface area contributed by atoms with E-state index in [1.54, 1.807) is 42.6 Å². The smallest absolute Gasteiger partial charge is 0.257 e. The molecule has 0 unspecified atom stereocenters. The van der Waals surface area contributed by atoms with Gasteiger partial charge in [0.1, 0.15) is 11.4 Å². The molecule has 0 aliphatic rings. The quantitative estimate of drug-likeness (QED) is 0.676. The molecule has 1 amide bonds. The fourth-order valence-electron chi connectivity index (χ4n) is 2.03. The van der Waals surface area contributed by atoms with Crippen LogP contribution in [0.3, 0.4) is 0 Å². The Morgan fingerprint density at radius 1 is 1.00 bits per heavy atom. The Kier molecular flexibility index (Phi) is 4.99. The molecule has 0 bridgehead atoms. The number of nitrogens with one attached hydrogen (secondary N) is 1. The number of benzene rings is 2. The van der Waals surface area contributed by atoms with Gasteiger partial charge in [-0.15, -0.1) is 0 Å². The summed E-state index contributed by atoms with van der Waals surface area (Å²) in [4.78, 5) is 16.6. The summed E-state index contributed by atoms with van der Waals surface area (Å²) in [5.74, 6) is 0.510. The highest BCUT2D eigenvalue weighted by Crippen LogP contribution is 2.28. The van der Waals surface area contributed by atoms with Crippen LogP contribution >= 0.6 is 23.2 Å². The fourth-order valence-corrected chi connectivity index (χ4v) is 2.40. The van der Waals surface area contributed by atoms with E-state index in [4.69, 9.17) is 27.9 Å². The predicted octanol–water partition coefficient (Wildman–Crippen LogP) is 5.43. The second-order valence-corrected chi connectivity index (χ2v) is 5.69. The van der Waals surface area contributed by atoms with Gasteiger partial charge in [0.25, 0.3) is 5.91 Å². The second-order valence-electron chi connectivity index (χ2n) is 4.85. The Hall–Kier alpha value is -2.56. The first-order chi connectivity index (χ1) is 11.6. The van der Waals surface area contributed by atoms with Gasteiger partial charge in [0.2, 0.25) is 5.88 Å². The van der Waals surface area contributed by atoms with Crippen LogP contribution in [0.2, 0.25) is 10.0 Å². The number of anilines is 1. The number of ether oxygens (including phenoxy) is 1. The van der Waals surface area contributed by atoms with E-state index in [0.717, 1.165) is 0 Å². The van der Waals surface area contributed by atoms with Crippen LogP contribution in [0.1, 0.15) is 10.4 Å². The normalized spacial score (nSPS) is 10.2. The zero-order valence-corrected chi connectivity index (χ0v) is 13.9. The Morgan fingerprint density at radius 3 is 2.58 bits per heavy atom. The molecule has 3 aromatic rings. The molecule has 3 rings (SSSR count). The number of hydrogen-bond acceptors (Lipinski definition) is 3. The van der Waals surface area contributed by atoms with Crippen LogP contribution in [0.25, 0.3) is 0 Å². The van der Waals surface area contributed by atoms with Gasteiger partial charge in [0.05, 0.1) is 10.6 Å². The van der Waals surface area contributed by atoms with Gasteiger partial charge >= 0.3 is 0 Å². The summed E-state index contributed by atoms with van der Waals surface area (Å²) in [6, 6.07) is 17.3. The third-order valence-electron chi connectivity index (χ3n) is 3.15. The van der Waals surface area contributed by atoms with Crippen LogP contribution in [0.4, 0.5) is 5.69 Å². The summed E-state index contributed by atoms with van der Waals surface area (Å²) in [6.07, 6.45) is 1.58. The third kappa shape index (κ3) is 3.85. The lowest BCUT2D eigenvalue weighted by molar-refractivity contribution is 0.102. The summed E-state index contributed by atoms with van der Waals surface area (Å²) in [5.41, 5.74) is 0.709. The molecule has 0 saturated carbocycles. The lowest BCUT2D eigenvalue weighted by atomic mass is 10.2. The molecule has 0 radical (unpaired) electrons. The maximum Gasteiger partial charge on any atom is 0.257 e. The predicted molar refractivity (Wildman–Crippen MR) is 95.2 cm³/mol. The first-order valence-corrected chi connectivity index (χ1v) is 7.83. The van der Waals surface area contributed by atoms with Gasteiger partial charge in [0.15, 0.2) is 0 Å². The summed E-state index contributed by atoms with van der Waals surface area (Å²) in [6.45, 7) is 0. The van der Waals surface area contributed by atoms with E-state index < -0.39 is 5.91 Å². The summed E-state index contributed by atoms with van der Waals surface area (Å²) >= 11 is 12.0. The molecule has 0 saturated heterocycles.